The van der Waals surface area contributed by atoms with E-state index in [1.807, 2.05) is 42.5 Å². The lowest BCUT2D eigenvalue weighted by molar-refractivity contribution is -0.138. The second kappa shape index (κ2) is 9.22. The summed E-state index contributed by atoms with van der Waals surface area (Å²) in [5, 5.41) is 6.23. The van der Waals surface area contributed by atoms with Gasteiger partial charge in [-0.2, -0.15) is 0 Å². The van der Waals surface area contributed by atoms with Crippen LogP contribution < -0.4 is 10.6 Å². The van der Waals surface area contributed by atoms with E-state index in [0.717, 1.165) is 49.0 Å². The minimum Gasteiger partial charge on any atom is -0.329 e. The van der Waals surface area contributed by atoms with Crippen LogP contribution in [0.4, 0.5) is 5.69 Å². The van der Waals surface area contributed by atoms with E-state index in [2.05, 4.69) is 22.8 Å². The van der Waals surface area contributed by atoms with Crippen molar-refractivity contribution >= 4 is 29.9 Å². The summed E-state index contributed by atoms with van der Waals surface area (Å²) in [5.74, 6) is -0.0177. The summed E-state index contributed by atoms with van der Waals surface area (Å²) in [6.45, 7) is 1.55. The SMILES string of the molecule is Cl.O=C(Nc1ccc(-c2ccccc2)cc1)C1CCCN1C(=O)[C@@H]1CCCN1. The van der Waals surface area contributed by atoms with Gasteiger partial charge in [0.1, 0.15) is 6.04 Å². The highest BCUT2D eigenvalue weighted by atomic mass is 35.5. The van der Waals surface area contributed by atoms with Crippen molar-refractivity contribution in [2.45, 2.75) is 37.8 Å². The van der Waals surface area contributed by atoms with Crippen molar-refractivity contribution in [2.75, 3.05) is 18.4 Å². The zero-order valence-corrected chi connectivity index (χ0v) is 16.6. The summed E-state index contributed by atoms with van der Waals surface area (Å²) >= 11 is 0. The van der Waals surface area contributed by atoms with Gasteiger partial charge in [-0.15, -0.1) is 12.4 Å². The molecule has 2 amide bonds. The molecule has 5 nitrogen and oxygen atoms in total. The molecule has 2 aliphatic rings. The molecule has 0 bridgehead atoms. The Kier molecular flexibility index (Phi) is 6.70. The minimum absolute atomic E-state index is 0. The molecule has 2 aliphatic heterocycles. The predicted molar refractivity (Wildman–Crippen MR) is 114 cm³/mol. The Balaban J connectivity index is 0.00000225. The number of rotatable bonds is 4. The van der Waals surface area contributed by atoms with Crippen molar-refractivity contribution in [1.29, 1.82) is 0 Å². The molecule has 0 aromatic heterocycles. The Labute approximate surface area is 171 Å². The summed E-state index contributed by atoms with van der Waals surface area (Å²) in [6, 6.07) is 17.5. The monoisotopic (exact) mass is 399 g/mol. The molecule has 2 N–H and O–H groups in total. The van der Waals surface area contributed by atoms with Gasteiger partial charge in [-0.3, -0.25) is 9.59 Å². The molecule has 2 aromatic carbocycles. The number of hydrogen-bond acceptors (Lipinski definition) is 3. The van der Waals surface area contributed by atoms with Crippen molar-refractivity contribution in [3.8, 4) is 11.1 Å². The first kappa shape index (κ1) is 20.4. The van der Waals surface area contributed by atoms with Gasteiger partial charge in [0, 0.05) is 12.2 Å². The maximum absolute atomic E-state index is 12.8. The van der Waals surface area contributed by atoms with Crippen molar-refractivity contribution in [2.24, 2.45) is 0 Å². The fourth-order valence-corrected chi connectivity index (χ4v) is 4.00. The number of nitrogens with one attached hydrogen (secondary N) is 2. The molecule has 2 atom stereocenters. The lowest BCUT2D eigenvalue weighted by atomic mass is 10.1. The van der Waals surface area contributed by atoms with Gasteiger partial charge in [0.15, 0.2) is 0 Å². The first-order chi connectivity index (χ1) is 13.2. The molecule has 1 unspecified atom stereocenters. The third-order valence-corrected chi connectivity index (χ3v) is 5.46. The molecular formula is C22H26ClN3O2. The molecule has 2 fully saturated rings. The van der Waals surface area contributed by atoms with Crippen molar-refractivity contribution in [3.05, 3.63) is 54.6 Å². The van der Waals surface area contributed by atoms with Crippen LogP contribution in [0.3, 0.4) is 0 Å². The number of carbonyl (C=O) groups is 2. The molecule has 28 heavy (non-hydrogen) atoms. The lowest BCUT2D eigenvalue weighted by Gasteiger charge is -2.26. The number of likely N-dealkylation sites (tertiary alicyclic amines) is 1. The van der Waals surface area contributed by atoms with Crippen LogP contribution in [-0.4, -0.2) is 41.9 Å². The van der Waals surface area contributed by atoms with Gasteiger partial charge in [-0.05, 0) is 55.5 Å². The van der Waals surface area contributed by atoms with Crippen LogP contribution in [0.5, 0.6) is 0 Å². The van der Waals surface area contributed by atoms with Crippen molar-refractivity contribution < 1.29 is 9.59 Å². The lowest BCUT2D eigenvalue weighted by Crippen LogP contribution is -2.49. The highest BCUT2D eigenvalue weighted by Gasteiger charge is 2.37. The summed E-state index contributed by atoms with van der Waals surface area (Å²) in [5.41, 5.74) is 3.02. The number of halogens is 1. The zero-order valence-electron chi connectivity index (χ0n) is 15.8. The van der Waals surface area contributed by atoms with Crippen molar-refractivity contribution in [3.63, 3.8) is 0 Å². The molecule has 0 radical (unpaired) electrons. The van der Waals surface area contributed by atoms with Crippen LogP contribution >= 0.6 is 12.4 Å². The van der Waals surface area contributed by atoms with Gasteiger partial charge in [-0.1, -0.05) is 42.5 Å². The standard InChI is InChI=1S/C22H25N3O2.ClH/c26-21(20-9-5-15-25(20)22(27)19-8-4-14-23-19)24-18-12-10-17(11-13-18)16-6-2-1-3-7-16;/h1-3,6-7,10-13,19-20,23H,4-5,8-9,14-15H2,(H,24,26);1H/t19-,20?;/m0./s1. The van der Waals surface area contributed by atoms with Crippen LogP contribution in [0.1, 0.15) is 25.7 Å². The summed E-state index contributed by atoms with van der Waals surface area (Å²) in [7, 11) is 0. The number of anilines is 1. The second-order valence-electron chi connectivity index (χ2n) is 7.27. The van der Waals surface area contributed by atoms with Crippen LogP contribution in [-0.2, 0) is 9.59 Å². The fraction of sp³-hybridized carbons (Fsp3) is 0.364. The van der Waals surface area contributed by atoms with E-state index in [4.69, 9.17) is 0 Å². The fourth-order valence-electron chi connectivity index (χ4n) is 4.00. The highest BCUT2D eigenvalue weighted by molar-refractivity contribution is 5.98. The van der Waals surface area contributed by atoms with Gasteiger partial charge in [-0.25, -0.2) is 0 Å². The maximum Gasteiger partial charge on any atom is 0.247 e. The van der Waals surface area contributed by atoms with Gasteiger partial charge in [0.25, 0.3) is 0 Å². The van der Waals surface area contributed by atoms with E-state index < -0.39 is 0 Å². The van der Waals surface area contributed by atoms with Crippen molar-refractivity contribution in [1.82, 2.24) is 10.2 Å². The quantitative estimate of drug-likeness (QED) is 0.827. The first-order valence-corrected chi connectivity index (χ1v) is 9.72. The molecule has 2 saturated heterocycles. The topological polar surface area (TPSA) is 61.4 Å². The Morgan fingerprint density at radius 1 is 0.929 bits per heavy atom. The van der Waals surface area contributed by atoms with Crippen LogP contribution in [0.2, 0.25) is 0 Å². The minimum atomic E-state index is -0.367. The summed E-state index contributed by atoms with van der Waals surface area (Å²) in [4.78, 5) is 27.2. The molecule has 0 spiro atoms. The van der Waals surface area contributed by atoms with E-state index in [1.165, 1.54) is 0 Å². The Morgan fingerprint density at radius 3 is 2.32 bits per heavy atom. The second-order valence-corrected chi connectivity index (χ2v) is 7.27. The Hall–Kier alpha value is -2.37. The van der Waals surface area contributed by atoms with Gasteiger partial charge < -0.3 is 15.5 Å². The zero-order chi connectivity index (χ0) is 18.6. The third kappa shape index (κ3) is 4.37. The smallest absolute Gasteiger partial charge is 0.247 e. The molecule has 0 aliphatic carbocycles. The summed E-state index contributed by atoms with van der Waals surface area (Å²) in [6.07, 6.45) is 3.50. The maximum atomic E-state index is 12.8. The van der Waals surface area contributed by atoms with Crippen LogP contribution in [0.15, 0.2) is 54.6 Å². The normalized spacial score (nSPS) is 21.2. The molecule has 4 rings (SSSR count). The largest absolute Gasteiger partial charge is 0.329 e. The van der Waals surface area contributed by atoms with Gasteiger partial charge in [0.2, 0.25) is 11.8 Å². The molecule has 6 heteroatoms. The number of nitrogens with zero attached hydrogens (tertiary/aromatic N) is 1. The van der Waals surface area contributed by atoms with Crippen LogP contribution in [0, 0.1) is 0 Å². The summed E-state index contributed by atoms with van der Waals surface area (Å²) < 4.78 is 0. The molecular weight excluding hydrogens is 374 g/mol. The van der Waals surface area contributed by atoms with E-state index in [1.54, 1.807) is 4.90 Å². The number of benzene rings is 2. The molecule has 2 heterocycles. The Bertz CT molecular complexity index is 804. The number of carbonyl (C=O) groups excluding carboxylic acids is 2. The van der Waals surface area contributed by atoms with E-state index in [-0.39, 0.29) is 36.3 Å². The highest BCUT2D eigenvalue weighted by Crippen LogP contribution is 2.24. The number of hydrogen-bond donors (Lipinski definition) is 2. The molecule has 0 saturated carbocycles. The number of amides is 2. The van der Waals surface area contributed by atoms with E-state index in [9.17, 15) is 9.59 Å². The van der Waals surface area contributed by atoms with E-state index >= 15 is 0 Å². The van der Waals surface area contributed by atoms with Gasteiger partial charge >= 0.3 is 0 Å². The molecule has 148 valence electrons. The molecule has 2 aromatic rings. The van der Waals surface area contributed by atoms with Crippen LogP contribution in [0.25, 0.3) is 11.1 Å². The first-order valence-electron chi connectivity index (χ1n) is 9.72. The third-order valence-electron chi connectivity index (χ3n) is 5.46. The van der Waals surface area contributed by atoms with Gasteiger partial charge in [0.05, 0.1) is 6.04 Å². The average molecular weight is 400 g/mol. The average Bonchev–Trinajstić information content (AvgIpc) is 3.41. The van der Waals surface area contributed by atoms with E-state index in [0.29, 0.717) is 6.54 Å². The Morgan fingerprint density at radius 2 is 1.64 bits per heavy atom. The predicted octanol–water partition coefficient (Wildman–Crippen LogP) is 3.46.